The van der Waals surface area contributed by atoms with Gasteiger partial charge in [0.25, 0.3) is 0 Å². The van der Waals surface area contributed by atoms with Crippen LogP contribution in [0.4, 0.5) is 0 Å². The molecule has 0 amide bonds. The van der Waals surface area contributed by atoms with Gasteiger partial charge in [0, 0.05) is 6.04 Å². The van der Waals surface area contributed by atoms with Crippen molar-refractivity contribution in [2.75, 3.05) is 6.54 Å². The minimum absolute atomic E-state index is 0.242. The molecule has 0 aliphatic carbocycles. The van der Waals surface area contributed by atoms with Gasteiger partial charge in [0.2, 0.25) is 0 Å². The fourth-order valence-corrected chi connectivity index (χ4v) is 2.74. The van der Waals surface area contributed by atoms with Gasteiger partial charge in [-0.05, 0) is 60.3 Å². The molecule has 3 rings (SSSR count). The van der Waals surface area contributed by atoms with Gasteiger partial charge in [-0.3, -0.25) is 0 Å². The summed E-state index contributed by atoms with van der Waals surface area (Å²) in [6.45, 7) is 0.917. The second kappa shape index (κ2) is 4.94. The monoisotopic (exact) mass is 255 g/mol. The van der Waals surface area contributed by atoms with E-state index in [0.29, 0.717) is 11.5 Å². The fourth-order valence-electron chi connectivity index (χ4n) is 2.74. The summed E-state index contributed by atoms with van der Waals surface area (Å²) in [7, 11) is 0. The summed E-state index contributed by atoms with van der Waals surface area (Å²) < 4.78 is 0. The number of hydrogen-bond acceptors (Lipinski definition) is 3. The first-order valence-electron chi connectivity index (χ1n) is 6.55. The number of nitrogens with one attached hydrogen (secondary N) is 1. The molecule has 0 spiro atoms. The van der Waals surface area contributed by atoms with Gasteiger partial charge in [-0.25, -0.2) is 0 Å². The van der Waals surface area contributed by atoms with Gasteiger partial charge in [0.05, 0.1) is 0 Å². The maximum atomic E-state index is 9.55. The molecule has 19 heavy (non-hydrogen) atoms. The molecule has 3 nitrogen and oxygen atoms in total. The lowest BCUT2D eigenvalue weighted by Crippen LogP contribution is -2.31. The van der Waals surface area contributed by atoms with Crippen molar-refractivity contribution in [1.29, 1.82) is 0 Å². The average molecular weight is 255 g/mol. The molecule has 2 aromatic rings. The third kappa shape index (κ3) is 2.56. The summed E-state index contributed by atoms with van der Waals surface area (Å²) in [4.78, 5) is 0. The standard InChI is InChI=1S/C16H17NO2/c18-13-3-1-2-11(8-13)9-16-15-5-4-14(19)10-12(15)6-7-17-16/h1-5,8,10,16-19H,6-7,9H2/t16-/m0/s1. The van der Waals surface area contributed by atoms with Crippen molar-refractivity contribution in [3.8, 4) is 11.5 Å². The smallest absolute Gasteiger partial charge is 0.115 e. The molecule has 3 heteroatoms. The largest absolute Gasteiger partial charge is 0.508 e. The zero-order chi connectivity index (χ0) is 13.2. The normalized spacial score (nSPS) is 18.0. The lowest BCUT2D eigenvalue weighted by atomic mass is 9.90. The van der Waals surface area contributed by atoms with Crippen molar-refractivity contribution in [3.05, 3.63) is 59.2 Å². The van der Waals surface area contributed by atoms with Crippen molar-refractivity contribution < 1.29 is 10.2 Å². The van der Waals surface area contributed by atoms with Crippen LogP contribution in [0.3, 0.4) is 0 Å². The van der Waals surface area contributed by atoms with Gasteiger partial charge in [-0.2, -0.15) is 0 Å². The molecular formula is C16H17NO2. The molecule has 1 atom stereocenters. The van der Waals surface area contributed by atoms with E-state index in [9.17, 15) is 10.2 Å². The molecule has 98 valence electrons. The van der Waals surface area contributed by atoms with Crippen molar-refractivity contribution in [2.45, 2.75) is 18.9 Å². The van der Waals surface area contributed by atoms with Gasteiger partial charge in [-0.1, -0.05) is 18.2 Å². The molecule has 0 bridgehead atoms. The van der Waals surface area contributed by atoms with Crippen molar-refractivity contribution in [2.24, 2.45) is 0 Å². The van der Waals surface area contributed by atoms with Gasteiger partial charge in [0.15, 0.2) is 0 Å². The SMILES string of the molecule is Oc1cccc(C[C@@H]2NCCc3cc(O)ccc32)c1. The topological polar surface area (TPSA) is 52.5 Å². The Morgan fingerprint density at radius 1 is 1.05 bits per heavy atom. The third-order valence-corrected chi connectivity index (χ3v) is 3.64. The summed E-state index contributed by atoms with van der Waals surface area (Å²) in [5.74, 6) is 0.635. The Kier molecular flexibility index (Phi) is 3.13. The van der Waals surface area contributed by atoms with Gasteiger partial charge in [0.1, 0.15) is 11.5 Å². The predicted molar refractivity (Wildman–Crippen MR) is 74.4 cm³/mol. The van der Waals surface area contributed by atoms with Crippen molar-refractivity contribution >= 4 is 0 Å². The molecule has 0 fully saturated rings. The highest BCUT2D eigenvalue weighted by Crippen LogP contribution is 2.29. The molecule has 0 aromatic heterocycles. The van der Waals surface area contributed by atoms with Crippen LogP contribution in [0.15, 0.2) is 42.5 Å². The van der Waals surface area contributed by atoms with E-state index in [4.69, 9.17) is 0 Å². The number of rotatable bonds is 2. The number of aromatic hydroxyl groups is 2. The minimum atomic E-state index is 0.242. The first-order valence-corrected chi connectivity index (χ1v) is 6.55. The Balaban J connectivity index is 1.87. The molecule has 1 aliphatic heterocycles. The number of fused-ring (bicyclic) bond motifs is 1. The van der Waals surface area contributed by atoms with E-state index in [1.165, 1.54) is 11.1 Å². The molecule has 3 N–H and O–H groups in total. The quantitative estimate of drug-likeness (QED) is 0.773. The summed E-state index contributed by atoms with van der Waals surface area (Å²) in [6, 6.07) is 13.2. The van der Waals surface area contributed by atoms with Crippen LogP contribution in [0.1, 0.15) is 22.7 Å². The summed E-state index contributed by atoms with van der Waals surface area (Å²) in [6.07, 6.45) is 1.78. The van der Waals surface area contributed by atoms with Crippen LogP contribution in [0.25, 0.3) is 0 Å². The Morgan fingerprint density at radius 3 is 2.74 bits per heavy atom. The lowest BCUT2D eigenvalue weighted by molar-refractivity contribution is 0.465. The summed E-state index contributed by atoms with van der Waals surface area (Å²) in [5, 5.41) is 22.6. The highest BCUT2D eigenvalue weighted by molar-refractivity contribution is 5.39. The summed E-state index contributed by atoms with van der Waals surface area (Å²) in [5.41, 5.74) is 3.56. The van der Waals surface area contributed by atoms with Crippen LogP contribution in [0, 0.1) is 0 Å². The maximum Gasteiger partial charge on any atom is 0.115 e. The molecule has 0 saturated heterocycles. The molecule has 0 radical (unpaired) electrons. The Morgan fingerprint density at radius 2 is 1.89 bits per heavy atom. The van der Waals surface area contributed by atoms with E-state index < -0.39 is 0 Å². The van der Waals surface area contributed by atoms with Crippen molar-refractivity contribution in [3.63, 3.8) is 0 Å². The number of hydrogen-bond donors (Lipinski definition) is 3. The second-order valence-corrected chi connectivity index (χ2v) is 5.01. The maximum absolute atomic E-state index is 9.55. The number of phenolic OH excluding ortho intramolecular Hbond substituents is 2. The molecule has 0 unspecified atom stereocenters. The van der Waals surface area contributed by atoms with Crippen LogP contribution < -0.4 is 5.32 Å². The van der Waals surface area contributed by atoms with Crippen LogP contribution in [0.5, 0.6) is 11.5 Å². The molecule has 1 aliphatic rings. The first kappa shape index (κ1) is 12.1. The Labute approximate surface area is 112 Å². The molecule has 0 saturated carbocycles. The fraction of sp³-hybridized carbons (Fsp3) is 0.250. The third-order valence-electron chi connectivity index (χ3n) is 3.64. The highest BCUT2D eigenvalue weighted by atomic mass is 16.3. The van der Waals surface area contributed by atoms with Crippen molar-refractivity contribution in [1.82, 2.24) is 5.32 Å². The van der Waals surface area contributed by atoms with E-state index in [1.807, 2.05) is 24.3 Å². The molecular weight excluding hydrogens is 238 g/mol. The zero-order valence-electron chi connectivity index (χ0n) is 10.6. The molecule has 2 aromatic carbocycles. The lowest BCUT2D eigenvalue weighted by Gasteiger charge is -2.27. The van der Waals surface area contributed by atoms with Crippen LogP contribution in [-0.4, -0.2) is 16.8 Å². The Hall–Kier alpha value is -2.00. The summed E-state index contributed by atoms with van der Waals surface area (Å²) >= 11 is 0. The second-order valence-electron chi connectivity index (χ2n) is 5.01. The Bertz CT molecular complexity index is 595. The zero-order valence-corrected chi connectivity index (χ0v) is 10.6. The molecule has 1 heterocycles. The average Bonchev–Trinajstić information content (AvgIpc) is 2.38. The first-order chi connectivity index (χ1) is 9.22. The van der Waals surface area contributed by atoms with Gasteiger partial charge >= 0.3 is 0 Å². The van der Waals surface area contributed by atoms with Crippen LogP contribution in [-0.2, 0) is 12.8 Å². The minimum Gasteiger partial charge on any atom is -0.508 e. The van der Waals surface area contributed by atoms with Gasteiger partial charge in [-0.15, -0.1) is 0 Å². The van der Waals surface area contributed by atoms with E-state index in [1.54, 1.807) is 18.2 Å². The van der Waals surface area contributed by atoms with Gasteiger partial charge < -0.3 is 15.5 Å². The van der Waals surface area contributed by atoms with E-state index in [0.717, 1.165) is 24.9 Å². The van der Waals surface area contributed by atoms with E-state index in [2.05, 4.69) is 5.32 Å². The van der Waals surface area contributed by atoms with Crippen LogP contribution >= 0.6 is 0 Å². The predicted octanol–water partition coefficient (Wildman–Crippen LogP) is 2.53. The number of benzene rings is 2. The van der Waals surface area contributed by atoms with E-state index in [-0.39, 0.29) is 6.04 Å². The van der Waals surface area contributed by atoms with Crippen LogP contribution in [0.2, 0.25) is 0 Å². The highest BCUT2D eigenvalue weighted by Gasteiger charge is 2.20. The number of phenols is 2. The van der Waals surface area contributed by atoms with E-state index >= 15 is 0 Å².